The minimum Gasteiger partial charge on any atom is -0.459 e. The molecule has 5 heteroatoms. The molecular formula is C20H20N2O2S. The lowest BCUT2D eigenvalue weighted by Crippen LogP contribution is -2.19. The molecule has 3 aromatic rings. The van der Waals surface area contributed by atoms with Gasteiger partial charge in [-0.2, -0.15) is 0 Å². The number of esters is 1. The van der Waals surface area contributed by atoms with E-state index in [9.17, 15) is 4.79 Å². The highest BCUT2D eigenvalue weighted by Gasteiger charge is 2.21. The third-order valence-corrected chi connectivity index (χ3v) is 5.42. The van der Waals surface area contributed by atoms with Crippen LogP contribution in [0.3, 0.4) is 0 Å². The fourth-order valence-electron chi connectivity index (χ4n) is 2.42. The van der Waals surface area contributed by atoms with E-state index in [2.05, 4.69) is 16.0 Å². The van der Waals surface area contributed by atoms with E-state index in [1.165, 1.54) is 6.08 Å². The minimum atomic E-state index is -0.358. The van der Waals surface area contributed by atoms with Crippen LogP contribution >= 0.6 is 11.3 Å². The second-order valence-electron chi connectivity index (χ2n) is 6.02. The molecule has 25 heavy (non-hydrogen) atoms. The summed E-state index contributed by atoms with van der Waals surface area (Å²) in [6.07, 6.45) is 6.39. The number of ether oxygens (including phenoxy) is 1. The molecule has 1 aromatic carbocycles. The second kappa shape index (κ2) is 7.57. The zero-order valence-corrected chi connectivity index (χ0v) is 15.3. The van der Waals surface area contributed by atoms with Crippen molar-refractivity contribution in [2.75, 3.05) is 0 Å². The van der Waals surface area contributed by atoms with E-state index in [1.807, 2.05) is 45.0 Å². The summed E-state index contributed by atoms with van der Waals surface area (Å²) in [4.78, 5) is 20.8. The summed E-state index contributed by atoms with van der Waals surface area (Å²) in [6.45, 7) is 5.91. The molecule has 128 valence electrons. The molecule has 0 amide bonds. The van der Waals surface area contributed by atoms with Gasteiger partial charge < -0.3 is 4.74 Å². The Hall–Kier alpha value is -2.53. The molecule has 0 aliphatic rings. The van der Waals surface area contributed by atoms with E-state index in [0.29, 0.717) is 0 Å². The third kappa shape index (κ3) is 4.12. The fourth-order valence-corrected chi connectivity index (χ4v) is 3.53. The van der Waals surface area contributed by atoms with Gasteiger partial charge in [-0.15, -0.1) is 11.3 Å². The van der Waals surface area contributed by atoms with Crippen molar-refractivity contribution in [3.8, 4) is 0 Å². The van der Waals surface area contributed by atoms with Crippen LogP contribution in [0.25, 0.3) is 16.3 Å². The van der Waals surface area contributed by atoms with Gasteiger partial charge in [0.15, 0.2) is 0 Å². The number of hydrogen-bond donors (Lipinski definition) is 0. The Morgan fingerprint density at radius 3 is 2.80 bits per heavy atom. The predicted molar refractivity (Wildman–Crippen MR) is 102 cm³/mol. The first kappa shape index (κ1) is 17.3. The number of carbonyl (C=O) groups excluding carboxylic acids is 1. The van der Waals surface area contributed by atoms with Gasteiger partial charge in [0.25, 0.3) is 0 Å². The number of aromatic nitrogens is 2. The van der Waals surface area contributed by atoms with Crippen molar-refractivity contribution >= 4 is 33.6 Å². The quantitative estimate of drug-likeness (QED) is 0.491. The summed E-state index contributed by atoms with van der Waals surface area (Å²) in [5, 5.41) is 0.980. The van der Waals surface area contributed by atoms with Gasteiger partial charge in [-0.25, -0.2) is 9.78 Å². The second-order valence-corrected chi connectivity index (χ2v) is 7.08. The molecule has 0 aliphatic heterocycles. The average Bonchev–Trinajstić information content (AvgIpc) is 3.04. The van der Waals surface area contributed by atoms with Crippen molar-refractivity contribution in [2.45, 2.75) is 32.8 Å². The van der Waals surface area contributed by atoms with Gasteiger partial charge in [0.05, 0.1) is 10.2 Å². The van der Waals surface area contributed by atoms with Crippen molar-refractivity contribution < 1.29 is 9.53 Å². The predicted octanol–water partition coefficient (Wildman–Crippen LogP) is 4.75. The first-order valence-corrected chi connectivity index (χ1v) is 9.01. The molecule has 0 fully saturated rings. The average molecular weight is 352 g/mol. The highest BCUT2D eigenvalue weighted by molar-refractivity contribution is 7.18. The highest BCUT2D eigenvalue weighted by atomic mass is 32.1. The molecular weight excluding hydrogens is 332 g/mol. The van der Waals surface area contributed by atoms with Gasteiger partial charge in [0, 0.05) is 24.4 Å². The molecule has 0 bridgehead atoms. The summed E-state index contributed by atoms with van der Waals surface area (Å²) in [6, 6.07) is 9.94. The number of hydrogen-bond acceptors (Lipinski definition) is 5. The van der Waals surface area contributed by atoms with Crippen molar-refractivity contribution in [3.05, 3.63) is 64.9 Å². The first-order valence-electron chi connectivity index (χ1n) is 8.19. The number of benzene rings is 1. The Balaban J connectivity index is 1.65. The van der Waals surface area contributed by atoms with Gasteiger partial charge in [0.1, 0.15) is 11.1 Å². The number of rotatable bonds is 5. The van der Waals surface area contributed by atoms with Crippen LogP contribution in [-0.2, 0) is 9.53 Å². The largest absolute Gasteiger partial charge is 0.459 e. The Morgan fingerprint density at radius 2 is 2.04 bits per heavy atom. The fraction of sp³-hybridized carbons (Fsp3) is 0.250. The zero-order chi connectivity index (χ0) is 17.8. The maximum atomic E-state index is 12.1. The van der Waals surface area contributed by atoms with E-state index >= 15 is 0 Å². The van der Waals surface area contributed by atoms with Crippen molar-refractivity contribution in [1.82, 2.24) is 9.97 Å². The molecule has 0 radical (unpaired) electrons. The molecule has 0 spiro atoms. The number of pyridine rings is 1. The van der Waals surface area contributed by atoms with Crippen molar-refractivity contribution in [2.24, 2.45) is 0 Å². The Bertz CT molecular complexity index is 884. The maximum Gasteiger partial charge on any atom is 0.331 e. The summed E-state index contributed by atoms with van der Waals surface area (Å²) in [7, 11) is 0. The van der Waals surface area contributed by atoms with Crippen LogP contribution in [0.2, 0.25) is 0 Å². The third-order valence-electron chi connectivity index (χ3n) is 4.18. The van der Waals surface area contributed by atoms with Crippen LogP contribution in [-0.4, -0.2) is 22.0 Å². The summed E-state index contributed by atoms with van der Waals surface area (Å²) in [5.41, 5.74) is 2.96. The molecule has 2 atom stereocenters. The van der Waals surface area contributed by atoms with Gasteiger partial charge in [-0.1, -0.05) is 19.1 Å². The SMILES string of the molecule is Cc1ccncc1/C=C/C(=O)OC(C)C(C)c1nc2ccccc2s1. The standard InChI is InChI=1S/C20H20N2O2S/c1-13-10-11-21-12-16(13)8-9-19(23)24-15(3)14(2)20-22-17-6-4-5-7-18(17)25-20/h4-12,14-15H,1-3H3/b9-8+. The zero-order valence-electron chi connectivity index (χ0n) is 14.5. The number of fused-ring (bicyclic) bond motifs is 1. The van der Waals surface area contributed by atoms with Crippen molar-refractivity contribution in [1.29, 1.82) is 0 Å². The van der Waals surface area contributed by atoms with Crippen LogP contribution in [0.15, 0.2) is 48.8 Å². The maximum absolute atomic E-state index is 12.1. The van der Waals surface area contributed by atoms with E-state index in [-0.39, 0.29) is 18.0 Å². The Kier molecular flexibility index (Phi) is 5.24. The van der Waals surface area contributed by atoms with Gasteiger partial charge in [-0.05, 0) is 49.2 Å². The van der Waals surface area contributed by atoms with Crippen LogP contribution in [0.5, 0.6) is 0 Å². The number of aryl methyl sites for hydroxylation is 1. The van der Waals surface area contributed by atoms with E-state index in [0.717, 1.165) is 26.4 Å². The molecule has 0 saturated heterocycles. The Morgan fingerprint density at radius 1 is 1.24 bits per heavy atom. The molecule has 2 heterocycles. The van der Waals surface area contributed by atoms with E-state index in [1.54, 1.807) is 29.8 Å². The van der Waals surface area contributed by atoms with Crippen molar-refractivity contribution in [3.63, 3.8) is 0 Å². The molecule has 2 unspecified atom stereocenters. The molecule has 3 rings (SSSR count). The number of nitrogens with zero attached hydrogens (tertiary/aromatic N) is 2. The Labute approximate surface area is 151 Å². The number of thiazole rings is 1. The smallest absolute Gasteiger partial charge is 0.331 e. The topological polar surface area (TPSA) is 52.1 Å². The highest BCUT2D eigenvalue weighted by Crippen LogP contribution is 2.30. The van der Waals surface area contributed by atoms with Gasteiger partial charge >= 0.3 is 5.97 Å². The molecule has 2 aromatic heterocycles. The van der Waals surface area contributed by atoms with Crippen LogP contribution < -0.4 is 0 Å². The normalized spacial score (nSPS) is 13.9. The first-order chi connectivity index (χ1) is 12.0. The number of carbonyl (C=O) groups is 1. The summed E-state index contributed by atoms with van der Waals surface area (Å²) < 4.78 is 6.69. The lowest BCUT2D eigenvalue weighted by molar-refractivity contribution is -0.142. The molecule has 4 nitrogen and oxygen atoms in total. The lowest BCUT2D eigenvalue weighted by atomic mass is 10.1. The van der Waals surface area contributed by atoms with Crippen LogP contribution in [0.4, 0.5) is 0 Å². The number of para-hydroxylation sites is 1. The lowest BCUT2D eigenvalue weighted by Gasteiger charge is -2.17. The summed E-state index contributed by atoms with van der Waals surface area (Å²) >= 11 is 1.64. The molecule has 0 saturated carbocycles. The van der Waals surface area contributed by atoms with Crippen LogP contribution in [0.1, 0.15) is 35.9 Å². The van der Waals surface area contributed by atoms with Gasteiger partial charge in [-0.3, -0.25) is 4.98 Å². The van der Waals surface area contributed by atoms with Gasteiger partial charge in [0.2, 0.25) is 0 Å². The summed E-state index contributed by atoms with van der Waals surface area (Å²) in [5.74, 6) is -0.321. The van der Waals surface area contributed by atoms with E-state index in [4.69, 9.17) is 4.74 Å². The monoisotopic (exact) mass is 352 g/mol. The van der Waals surface area contributed by atoms with Crippen LogP contribution in [0, 0.1) is 6.92 Å². The van der Waals surface area contributed by atoms with E-state index < -0.39 is 0 Å². The molecule has 0 N–H and O–H groups in total. The molecule has 0 aliphatic carbocycles. The minimum absolute atomic E-state index is 0.0369.